The largest absolute Gasteiger partial charge is 0.235 e. The van der Waals surface area contributed by atoms with Crippen LogP contribution in [0.15, 0.2) is 4.99 Å². The van der Waals surface area contributed by atoms with E-state index in [-0.39, 0.29) is 6.04 Å². The number of aliphatic imine (C=N–C) groups is 1. The average molecular weight is 220 g/mol. The lowest BCUT2D eigenvalue weighted by molar-refractivity contribution is 0.535. The zero-order valence-electron chi connectivity index (χ0n) is 6.85. The minimum Gasteiger partial charge on any atom is -0.211 e. The van der Waals surface area contributed by atoms with Gasteiger partial charge in [-0.25, -0.2) is 9.79 Å². The average Bonchev–Trinajstić information content (AvgIpc) is 2.03. The van der Waals surface area contributed by atoms with Crippen LogP contribution >= 0.6 is 15.9 Å². The highest BCUT2D eigenvalue weighted by Gasteiger charge is 2.01. The van der Waals surface area contributed by atoms with Gasteiger partial charge in [0.25, 0.3) is 0 Å². The SMILES string of the molecule is CCC(CCCCBr)N=C=O. The molecule has 0 aliphatic carbocycles. The van der Waals surface area contributed by atoms with Crippen molar-refractivity contribution in [1.29, 1.82) is 0 Å². The monoisotopic (exact) mass is 219 g/mol. The molecule has 0 aliphatic rings. The number of hydrogen-bond acceptors (Lipinski definition) is 2. The molecule has 0 aromatic carbocycles. The smallest absolute Gasteiger partial charge is 0.211 e. The Morgan fingerprint density at radius 3 is 2.73 bits per heavy atom. The van der Waals surface area contributed by atoms with Crippen LogP contribution in [0.4, 0.5) is 0 Å². The van der Waals surface area contributed by atoms with Gasteiger partial charge in [-0.2, -0.15) is 0 Å². The van der Waals surface area contributed by atoms with Gasteiger partial charge >= 0.3 is 0 Å². The molecule has 0 aromatic rings. The number of unbranched alkanes of at least 4 members (excludes halogenated alkanes) is 1. The van der Waals surface area contributed by atoms with Crippen molar-refractivity contribution in [3.05, 3.63) is 0 Å². The zero-order chi connectivity index (χ0) is 8.53. The molecule has 0 aliphatic heterocycles. The van der Waals surface area contributed by atoms with Gasteiger partial charge in [0, 0.05) is 5.33 Å². The lowest BCUT2D eigenvalue weighted by Gasteiger charge is -2.05. The molecule has 0 bridgehead atoms. The second-order valence-corrected chi connectivity index (χ2v) is 3.26. The molecule has 2 nitrogen and oxygen atoms in total. The lowest BCUT2D eigenvalue weighted by Crippen LogP contribution is -2.01. The van der Waals surface area contributed by atoms with E-state index in [2.05, 4.69) is 20.9 Å². The van der Waals surface area contributed by atoms with Gasteiger partial charge in [0.2, 0.25) is 6.08 Å². The maximum Gasteiger partial charge on any atom is 0.235 e. The molecule has 0 saturated carbocycles. The molecule has 0 saturated heterocycles. The van der Waals surface area contributed by atoms with Crippen molar-refractivity contribution in [2.45, 2.75) is 38.6 Å². The summed E-state index contributed by atoms with van der Waals surface area (Å²) in [5.41, 5.74) is 0. The molecule has 64 valence electrons. The Hall–Kier alpha value is -0.140. The van der Waals surface area contributed by atoms with E-state index in [0.717, 1.165) is 31.0 Å². The molecule has 0 N–H and O–H groups in total. The van der Waals surface area contributed by atoms with Crippen LogP contribution in [0.1, 0.15) is 32.6 Å². The second kappa shape index (κ2) is 7.96. The summed E-state index contributed by atoms with van der Waals surface area (Å²) in [6.07, 6.45) is 5.85. The summed E-state index contributed by atoms with van der Waals surface area (Å²) in [5.74, 6) is 0. The standard InChI is InChI=1S/C8H14BrNO/c1-2-8(10-7-11)5-3-4-6-9/h8H,2-6H2,1H3. The molecule has 1 unspecified atom stereocenters. The molecule has 0 heterocycles. The van der Waals surface area contributed by atoms with Crippen LogP contribution in [0.3, 0.4) is 0 Å². The van der Waals surface area contributed by atoms with Crippen LogP contribution in [-0.4, -0.2) is 17.5 Å². The molecule has 0 fully saturated rings. The Kier molecular flexibility index (Phi) is 7.86. The lowest BCUT2D eigenvalue weighted by atomic mass is 10.1. The molecule has 11 heavy (non-hydrogen) atoms. The molecule has 0 rings (SSSR count). The van der Waals surface area contributed by atoms with Gasteiger partial charge in [-0.1, -0.05) is 29.3 Å². The number of carbonyl (C=O) groups excluding carboxylic acids is 1. The number of isocyanates is 1. The number of halogens is 1. The van der Waals surface area contributed by atoms with Gasteiger partial charge < -0.3 is 0 Å². The molecule has 0 amide bonds. The maximum atomic E-state index is 9.91. The van der Waals surface area contributed by atoms with E-state index in [0.29, 0.717) is 0 Å². The Balaban J connectivity index is 3.43. The van der Waals surface area contributed by atoms with Crippen molar-refractivity contribution in [2.24, 2.45) is 4.99 Å². The third kappa shape index (κ3) is 6.27. The van der Waals surface area contributed by atoms with Gasteiger partial charge in [-0.15, -0.1) is 0 Å². The first-order chi connectivity index (χ1) is 5.35. The fourth-order valence-electron chi connectivity index (χ4n) is 0.909. The third-order valence-electron chi connectivity index (χ3n) is 1.63. The minimum atomic E-state index is 0.201. The molecule has 0 aromatic heterocycles. The van der Waals surface area contributed by atoms with E-state index in [1.807, 2.05) is 6.92 Å². The number of rotatable bonds is 6. The van der Waals surface area contributed by atoms with Gasteiger partial charge in [-0.05, 0) is 19.3 Å². The van der Waals surface area contributed by atoms with Crippen molar-refractivity contribution in [3.63, 3.8) is 0 Å². The summed E-state index contributed by atoms with van der Waals surface area (Å²) < 4.78 is 0. The predicted octanol–water partition coefficient (Wildman–Crippen LogP) is 2.67. The van der Waals surface area contributed by atoms with Gasteiger partial charge in [0.05, 0.1) is 6.04 Å². The van der Waals surface area contributed by atoms with E-state index in [1.165, 1.54) is 0 Å². The molecule has 0 radical (unpaired) electrons. The minimum absolute atomic E-state index is 0.201. The van der Waals surface area contributed by atoms with Gasteiger partial charge in [0.15, 0.2) is 0 Å². The number of hydrogen-bond donors (Lipinski definition) is 0. The topological polar surface area (TPSA) is 29.4 Å². The summed E-state index contributed by atoms with van der Waals surface area (Å²) in [6, 6.07) is 0.201. The second-order valence-electron chi connectivity index (χ2n) is 2.47. The van der Waals surface area contributed by atoms with Crippen LogP contribution in [0.25, 0.3) is 0 Å². The number of nitrogens with zero attached hydrogens (tertiary/aromatic N) is 1. The fraction of sp³-hybridized carbons (Fsp3) is 0.875. The van der Waals surface area contributed by atoms with E-state index < -0.39 is 0 Å². The Morgan fingerprint density at radius 1 is 1.55 bits per heavy atom. The Labute approximate surface area is 76.2 Å². The number of alkyl halides is 1. The van der Waals surface area contributed by atoms with E-state index in [1.54, 1.807) is 6.08 Å². The molecular formula is C8H14BrNO. The van der Waals surface area contributed by atoms with Gasteiger partial charge in [-0.3, -0.25) is 0 Å². The van der Waals surface area contributed by atoms with Crippen LogP contribution in [0, 0.1) is 0 Å². The zero-order valence-corrected chi connectivity index (χ0v) is 8.43. The Morgan fingerprint density at radius 2 is 2.27 bits per heavy atom. The van der Waals surface area contributed by atoms with Crippen LogP contribution < -0.4 is 0 Å². The van der Waals surface area contributed by atoms with Crippen molar-refractivity contribution >= 4 is 22.0 Å². The quantitative estimate of drug-likeness (QED) is 0.293. The molecule has 3 heteroatoms. The summed E-state index contributed by atoms with van der Waals surface area (Å²) >= 11 is 3.35. The Bertz CT molecular complexity index is 132. The summed E-state index contributed by atoms with van der Waals surface area (Å²) in [5, 5.41) is 1.04. The first-order valence-electron chi connectivity index (χ1n) is 3.98. The molecular weight excluding hydrogens is 206 g/mol. The predicted molar refractivity (Wildman–Crippen MR) is 49.8 cm³/mol. The van der Waals surface area contributed by atoms with Crippen molar-refractivity contribution in [1.82, 2.24) is 0 Å². The van der Waals surface area contributed by atoms with Gasteiger partial charge in [0.1, 0.15) is 0 Å². The highest BCUT2D eigenvalue weighted by atomic mass is 79.9. The molecule has 1 atom stereocenters. The van der Waals surface area contributed by atoms with Crippen LogP contribution in [0.2, 0.25) is 0 Å². The van der Waals surface area contributed by atoms with E-state index in [4.69, 9.17) is 0 Å². The van der Waals surface area contributed by atoms with Crippen LogP contribution in [-0.2, 0) is 4.79 Å². The van der Waals surface area contributed by atoms with Crippen molar-refractivity contribution < 1.29 is 4.79 Å². The summed E-state index contributed by atoms with van der Waals surface area (Å²) in [7, 11) is 0. The fourth-order valence-corrected chi connectivity index (χ4v) is 1.31. The third-order valence-corrected chi connectivity index (χ3v) is 2.19. The molecule has 0 spiro atoms. The highest BCUT2D eigenvalue weighted by molar-refractivity contribution is 9.09. The highest BCUT2D eigenvalue weighted by Crippen LogP contribution is 2.08. The summed E-state index contributed by atoms with van der Waals surface area (Å²) in [6.45, 7) is 2.04. The first-order valence-corrected chi connectivity index (χ1v) is 5.10. The van der Waals surface area contributed by atoms with Crippen molar-refractivity contribution in [3.8, 4) is 0 Å². The van der Waals surface area contributed by atoms with E-state index in [9.17, 15) is 4.79 Å². The maximum absolute atomic E-state index is 9.91. The normalized spacial score (nSPS) is 12.2. The van der Waals surface area contributed by atoms with Crippen LogP contribution in [0.5, 0.6) is 0 Å². The van der Waals surface area contributed by atoms with E-state index >= 15 is 0 Å². The van der Waals surface area contributed by atoms with Crippen molar-refractivity contribution in [2.75, 3.05) is 5.33 Å². The summed E-state index contributed by atoms with van der Waals surface area (Å²) in [4.78, 5) is 13.6. The first kappa shape index (κ1) is 10.9.